The summed E-state index contributed by atoms with van der Waals surface area (Å²) in [5.74, 6) is -0.309. The van der Waals surface area contributed by atoms with E-state index >= 15 is 0 Å². The van der Waals surface area contributed by atoms with Crippen molar-refractivity contribution in [2.75, 3.05) is 26.9 Å². The van der Waals surface area contributed by atoms with Crippen LogP contribution in [0.3, 0.4) is 0 Å². The smallest absolute Gasteiger partial charge is 0.305 e. The minimum Gasteiger partial charge on any atom is -0.491 e. The molecular formula is C16H21NO5. The van der Waals surface area contributed by atoms with E-state index in [1.807, 2.05) is 0 Å². The Kier molecular flexibility index (Phi) is 5.77. The molecule has 0 saturated carbocycles. The van der Waals surface area contributed by atoms with Gasteiger partial charge in [-0.3, -0.25) is 9.59 Å². The van der Waals surface area contributed by atoms with Gasteiger partial charge in [-0.2, -0.15) is 0 Å². The molecule has 0 aliphatic carbocycles. The Balaban J connectivity index is 1.98. The minimum absolute atomic E-state index is 0.00392. The van der Waals surface area contributed by atoms with Gasteiger partial charge >= 0.3 is 5.97 Å². The van der Waals surface area contributed by atoms with Crippen LogP contribution in [0, 0.1) is 0 Å². The molecule has 2 rings (SSSR count). The third-order valence-corrected chi connectivity index (χ3v) is 3.71. The number of carbonyl (C=O) groups excluding carboxylic acids is 1. The van der Waals surface area contributed by atoms with Crippen molar-refractivity contribution >= 4 is 11.9 Å². The van der Waals surface area contributed by atoms with E-state index in [0.717, 1.165) is 12.8 Å². The highest BCUT2D eigenvalue weighted by Gasteiger charge is 2.30. The summed E-state index contributed by atoms with van der Waals surface area (Å²) in [6, 6.07) is 6.69. The van der Waals surface area contributed by atoms with Gasteiger partial charge in [0.25, 0.3) is 5.91 Å². The fourth-order valence-corrected chi connectivity index (χ4v) is 2.62. The van der Waals surface area contributed by atoms with Crippen LogP contribution in [0.15, 0.2) is 24.3 Å². The highest BCUT2D eigenvalue weighted by Crippen LogP contribution is 2.23. The van der Waals surface area contributed by atoms with Gasteiger partial charge in [0.15, 0.2) is 0 Å². The van der Waals surface area contributed by atoms with E-state index in [4.69, 9.17) is 14.6 Å². The first kappa shape index (κ1) is 16.3. The van der Waals surface area contributed by atoms with Gasteiger partial charge in [-0.25, -0.2) is 0 Å². The van der Waals surface area contributed by atoms with E-state index in [-0.39, 0.29) is 18.4 Å². The number of carboxylic acid groups (broad SMARTS) is 1. The second-order valence-corrected chi connectivity index (χ2v) is 5.26. The number of carbonyl (C=O) groups is 2. The minimum atomic E-state index is -0.869. The van der Waals surface area contributed by atoms with Crippen molar-refractivity contribution < 1.29 is 24.2 Å². The van der Waals surface area contributed by atoms with E-state index in [1.54, 1.807) is 36.3 Å². The second kappa shape index (κ2) is 7.79. The zero-order valence-electron chi connectivity index (χ0n) is 12.7. The van der Waals surface area contributed by atoms with Gasteiger partial charge in [-0.05, 0) is 37.1 Å². The molecule has 22 heavy (non-hydrogen) atoms. The molecule has 0 spiro atoms. The van der Waals surface area contributed by atoms with E-state index in [1.165, 1.54) is 0 Å². The van der Waals surface area contributed by atoms with Crippen LogP contribution >= 0.6 is 0 Å². The summed E-state index contributed by atoms with van der Waals surface area (Å²) in [5, 5.41) is 8.92. The lowest BCUT2D eigenvalue weighted by molar-refractivity contribution is -0.137. The Morgan fingerprint density at radius 1 is 1.27 bits per heavy atom. The first-order valence-corrected chi connectivity index (χ1v) is 7.36. The van der Waals surface area contributed by atoms with Crippen molar-refractivity contribution in [1.29, 1.82) is 0 Å². The topological polar surface area (TPSA) is 76.1 Å². The molecule has 1 aromatic carbocycles. The summed E-state index contributed by atoms with van der Waals surface area (Å²) in [6.07, 6.45) is 1.60. The predicted octanol–water partition coefficient (Wildman–Crippen LogP) is 1.79. The Morgan fingerprint density at radius 2 is 2.00 bits per heavy atom. The van der Waals surface area contributed by atoms with Crippen molar-refractivity contribution in [1.82, 2.24) is 4.90 Å². The summed E-state index contributed by atoms with van der Waals surface area (Å²) in [4.78, 5) is 25.0. The largest absolute Gasteiger partial charge is 0.491 e. The van der Waals surface area contributed by atoms with Crippen molar-refractivity contribution in [3.05, 3.63) is 29.8 Å². The van der Waals surface area contributed by atoms with Crippen molar-refractivity contribution in [3.63, 3.8) is 0 Å². The number of aliphatic carboxylic acids is 1. The third-order valence-electron chi connectivity index (χ3n) is 3.71. The Hall–Kier alpha value is -2.08. The maximum atomic E-state index is 12.5. The highest BCUT2D eigenvalue weighted by molar-refractivity contribution is 5.95. The Labute approximate surface area is 129 Å². The number of benzene rings is 1. The van der Waals surface area contributed by atoms with Gasteiger partial charge in [0.1, 0.15) is 12.4 Å². The molecule has 1 heterocycles. The number of nitrogens with zero attached hydrogens (tertiary/aromatic N) is 1. The number of hydrogen-bond acceptors (Lipinski definition) is 4. The molecule has 1 unspecified atom stereocenters. The van der Waals surface area contributed by atoms with E-state index < -0.39 is 5.97 Å². The normalized spacial score (nSPS) is 17.5. The number of amides is 1. The molecule has 120 valence electrons. The monoisotopic (exact) mass is 307 g/mol. The second-order valence-electron chi connectivity index (χ2n) is 5.26. The van der Waals surface area contributed by atoms with E-state index in [9.17, 15) is 9.59 Å². The van der Waals surface area contributed by atoms with Crippen LogP contribution in [0.1, 0.15) is 29.6 Å². The average Bonchev–Trinajstić information content (AvgIpc) is 2.95. The summed E-state index contributed by atoms with van der Waals surface area (Å²) >= 11 is 0. The fraction of sp³-hybridized carbons (Fsp3) is 0.500. The molecule has 1 N–H and O–H groups in total. The predicted molar refractivity (Wildman–Crippen MR) is 80.1 cm³/mol. The molecule has 0 bridgehead atoms. The summed E-state index contributed by atoms with van der Waals surface area (Å²) in [7, 11) is 1.61. The molecule has 1 fully saturated rings. The van der Waals surface area contributed by atoms with Crippen LogP contribution in [-0.2, 0) is 9.53 Å². The number of hydrogen-bond donors (Lipinski definition) is 1. The van der Waals surface area contributed by atoms with Gasteiger partial charge in [0, 0.05) is 25.3 Å². The van der Waals surface area contributed by atoms with Gasteiger partial charge in [0.05, 0.1) is 13.0 Å². The van der Waals surface area contributed by atoms with Gasteiger partial charge in [-0.1, -0.05) is 0 Å². The van der Waals surface area contributed by atoms with Crippen LogP contribution < -0.4 is 4.74 Å². The molecular weight excluding hydrogens is 286 g/mol. The quantitative estimate of drug-likeness (QED) is 0.777. The Morgan fingerprint density at radius 3 is 2.64 bits per heavy atom. The molecule has 1 aliphatic heterocycles. The van der Waals surface area contributed by atoms with Crippen LogP contribution in [0.4, 0.5) is 0 Å². The molecule has 0 aromatic heterocycles. The maximum Gasteiger partial charge on any atom is 0.305 e. The number of ether oxygens (including phenoxy) is 2. The number of carboxylic acids is 1. The van der Waals surface area contributed by atoms with Crippen molar-refractivity contribution in [3.8, 4) is 5.75 Å². The zero-order chi connectivity index (χ0) is 15.9. The maximum absolute atomic E-state index is 12.5. The first-order chi connectivity index (χ1) is 10.6. The van der Waals surface area contributed by atoms with E-state index in [0.29, 0.717) is 31.1 Å². The number of likely N-dealkylation sites (tertiary alicyclic amines) is 1. The molecule has 1 aromatic rings. The van der Waals surface area contributed by atoms with Gasteiger partial charge in [0.2, 0.25) is 0 Å². The lowest BCUT2D eigenvalue weighted by Gasteiger charge is -2.23. The first-order valence-electron chi connectivity index (χ1n) is 7.36. The Bertz CT molecular complexity index is 514. The molecule has 0 radical (unpaired) electrons. The van der Waals surface area contributed by atoms with Crippen LogP contribution in [-0.4, -0.2) is 54.8 Å². The van der Waals surface area contributed by atoms with Crippen molar-refractivity contribution in [2.45, 2.75) is 25.3 Å². The average molecular weight is 307 g/mol. The molecule has 1 atom stereocenters. The number of methoxy groups -OCH3 is 1. The molecule has 6 nitrogen and oxygen atoms in total. The van der Waals surface area contributed by atoms with Crippen LogP contribution in [0.25, 0.3) is 0 Å². The standard InChI is InChI=1S/C16H21NO5/c1-21-9-10-22-14-6-4-12(5-7-14)16(20)17-8-2-3-13(17)11-15(18)19/h4-7,13H,2-3,8-11H2,1H3,(H,18,19). The van der Waals surface area contributed by atoms with Gasteiger partial charge in [-0.15, -0.1) is 0 Å². The molecule has 1 amide bonds. The van der Waals surface area contributed by atoms with Crippen LogP contribution in [0.2, 0.25) is 0 Å². The molecule has 1 saturated heterocycles. The lowest BCUT2D eigenvalue weighted by atomic mass is 10.1. The fourth-order valence-electron chi connectivity index (χ4n) is 2.62. The zero-order valence-corrected chi connectivity index (χ0v) is 12.7. The third kappa shape index (κ3) is 4.21. The summed E-state index contributed by atoms with van der Waals surface area (Å²) in [6.45, 7) is 1.57. The summed E-state index contributed by atoms with van der Waals surface area (Å²) in [5.41, 5.74) is 0.552. The van der Waals surface area contributed by atoms with Gasteiger partial charge < -0.3 is 19.5 Å². The number of rotatable bonds is 7. The molecule has 6 heteroatoms. The summed E-state index contributed by atoms with van der Waals surface area (Å²) < 4.78 is 10.4. The lowest BCUT2D eigenvalue weighted by Crippen LogP contribution is -2.36. The highest BCUT2D eigenvalue weighted by atomic mass is 16.5. The SMILES string of the molecule is COCCOc1ccc(C(=O)N2CCCC2CC(=O)O)cc1. The molecule has 1 aliphatic rings. The van der Waals surface area contributed by atoms with Crippen LogP contribution in [0.5, 0.6) is 5.75 Å². The van der Waals surface area contributed by atoms with E-state index in [2.05, 4.69) is 0 Å². The van der Waals surface area contributed by atoms with Crippen molar-refractivity contribution in [2.24, 2.45) is 0 Å².